The molecule has 1 aliphatic rings. The zero-order chi connectivity index (χ0) is 22.2. The van der Waals surface area contributed by atoms with E-state index in [9.17, 15) is 9.90 Å². The number of pyridine rings is 1. The van der Waals surface area contributed by atoms with Gasteiger partial charge in [-0.2, -0.15) is 0 Å². The first-order valence-corrected chi connectivity index (χ1v) is 11.3. The first kappa shape index (κ1) is 22.2. The van der Waals surface area contributed by atoms with Crippen molar-refractivity contribution in [3.8, 4) is 0 Å². The van der Waals surface area contributed by atoms with Gasteiger partial charge in [-0.05, 0) is 67.1 Å². The van der Waals surface area contributed by atoms with Crippen LogP contribution in [0.2, 0.25) is 0 Å². The van der Waals surface area contributed by atoms with Gasteiger partial charge in [-0.25, -0.2) is 4.79 Å². The van der Waals surface area contributed by atoms with E-state index in [0.29, 0.717) is 17.5 Å². The van der Waals surface area contributed by atoms with E-state index >= 15 is 0 Å². The Bertz CT molecular complexity index is 934. The fraction of sp³-hybridized carbons (Fsp3) is 0.333. The molecule has 1 atom stereocenters. The molecule has 5 heteroatoms. The molecule has 166 valence electrons. The lowest BCUT2D eigenvalue weighted by Crippen LogP contribution is -2.39. The second-order valence-electron chi connectivity index (χ2n) is 8.35. The fourth-order valence-electron chi connectivity index (χ4n) is 4.44. The molecule has 1 aromatic heterocycles. The average molecular weight is 431 g/mol. The molecule has 2 aromatic carbocycles. The molecule has 0 radical (unpaired) electrons. The maximum Gasteiger partial charge on any atom is 0.347 e. The van der Waals surface area contributed by atoms with Crippen molar-refractivity contribution in [3.05, 3.63) is 102 Å². The molecule has 1 aliphatic heterocycles. The first-order valence-electron chi connectivity index (χ1n) is 11.3. The van der Waals surface area contributed by atoms with E-state index in [2.05, 4.69) is 9.88 Å². The van der Waals surface area contributed by atoms with Gasteiger partial charge in [-0.3, -0.25) is 4.98 Å². The lowest BCUT2D eigenvalue weighted by atomic mass is 9.86. The maximum atomic E-state index is 13.2. The molecule has 1 saturated heterocycles. The number of hydrogen-bond donors (Lipinski definition) is 1. The number of hydrogen-bond acceptors (Lipinski definition) is 5. The summed E-state index contributed by atoms with van der Waals surface area (Å²) in [5, 5.41) is 11.5. The van der Waals surface area contributed by atoms with Gasteiger partial charge in [0.05, 0.1) is 6.61 Å². The minimum atomic E-state index is -1.84. The Morgan fingerprint density at radius 2 is 1.50 bits per heavy atom. The van der Waals surface area contributed by atoms with Gasteiger partial charge in [0.25, 0.3) is 0 Å². The van der Waals surface area contributed by atoms with Gasteiger partial charge in [0.15, 0.2) is 0 Å². The van der Waals surface area contributed by atoms with Crippen LogP contribution in [-0.2, 0) is 15.1 Å². The zero-order valence-corrected chi connectivity index (χ0v) is 18.3. The number of aromatic nitrogens is 1. The molecule has 1 N–H and O–H groups in total. The van der Waals surface area contributed by atoms with Gasteiger partial charge < -0.3 is 14.7 Å². The molecule has 0 aliphatic carbocycles. The van der Waals surface area contributed by atoms with E-state index in [1.807, 2.05) is 60.9 Å². The van der Waals surface area contributed by atoms with E-state index in [-0.39, 0.29) is 12.5 Å². The standard InChI is InChI=1S/C27H30N2O3/c30-26(27(31,24-9-3-1-4-10-24)25-11-5-2-6-12-25)32-20-15-23(21-29-18-7-8-19-29)22-13-16-28-17-14-22/h1-6,9-14,16-17,23,31H,7-8,15,18-21H2/t23-/m0/s1. The fourth-order valence-corrected chi connectivity index (χ4v) is 4.44. The van der Waals surface area contributed by atoms with Crippen LogP contribution in [-0.4, -0.2) is 47.2 Å². The normalized spacial score (nSPS) is 15.4. The lowest BCUT2D eigenvalue weighted by Gasteiger charge is -2.28. The molecule has 0 saturated carbocycles. The van der Waals surface area contributed by atoms with Crippen molar-refractivity contribution in [1.82, 2.24) is 9.88 Å². The number of nitrogens with zero attached hydrogens (tertiary/aromatic N) is 2. The predicted molar refractivity (Wildman–Crippen MR) is 124 cm³/mol. The second kappa shape index (κ2) is 10.5. The summed E-state index contributed by atoms with van der Waals surface area (Å²) >= 11 is 0. The van der Waals surface area contributed by atoms with Crippen LogP contribution in [0.4, 0.5) is 0 Å². The molecule has 2 heterocycles. The highest BCUT2D eigenvalue weighted by Gasteiger charge is 2.41. The Morgan fingerprint density at radius 1 is 0.938 bits per heavy atom. The van der Waals surface area contributed by atoms with Crippen LogP contribution < -0.4 is 0 Å². The average Bonchev–Trinajstić information content (AvgIpc) is 3.37. The van der Waals surface area contributed by atoms with Crippen molar-refractivity contribution >= 4 is 5.97 Å². The molecular weight excluding hydrogens is 400 g/mol. The van der Waals surface area contributed by atoms with Crippen LogP contribution in [0.1, 0.15) is 41.9 Å². The van der Waals surface area contributed by atoms with Gasteiger partial charge in [0.1, 0.15) is 0 Å². The summed E-state index contributed by atoms with van der Waals surface area (Å²) in [6.07, 6.45) is 6.77. The number of carbonyl (C=O) groups is 1. The number of carbonyl (C=O) groups excluding carboxylic acids is 1. The van der Waals surface area contributed by atoms with Gasteiger partial charge in [-0.1, -0.05) is 60.7 Å². The minimum Gasteiger partial charge on any atom is -0.463 e. The Balaban J connectivity index is 1.48. The number of aliphatic hydroxyl groups is 1. The quantitative estimate of drug-likeness (QED) is 0.517. The summed E-state index contributed by atoms with van der Waals surface area (Å²) < 4.78 is 5.71. The predicted octanol–water partition coefficient (Wildman–Crippen LogP) is 4.13. The van der Waals surface area contributed by atoms with E-state index in [0.717, 1.165) is 19.6 Å². The van der Waals surface area contributed by atoms with Crippen LogP contribution in [0, 0.1) is 0 Å². The third-order valence-corrected chi connectivity index (χ3v) is 6.23. The molecule has 3 aromatic rings. The molecule has 5 nitrogen and oxygen atoms in total. The van der Waals surface area contributed by atoms with Crippen molar-refractivity contribution in [3.63, 3.8) is 0 Å². The smallest absolute Gasteiger partial charge is 0.347 e. The number of likely N-dealkylation sites (tertiary alicyclic amines) is 1. The Labute approximate surface area is 189 Å². The van der Waals surface area contributed by atoms with Gasteiger partial charge in [0.2, 0.25) is 5.60 Å². The highest BCUT2D eigenvalue weighted by Crippen LogP contribution is 2.31. The summed E-state index contributed by atoms with van der Waals surface area (Å²) in [6.45, 7) is 3.40. The van der Waals surface area contributed by atoms with Crippen molar-refractivity contribution in [2.45, 2.75) is 30.8 Å². The molecule has 0 unspecified atom stereocenters. The Hall–Kier alpha value is -3.02. The van der Waals surface area contributed by atoms with Crippen LogP contribution in [0.3, 0.4) is 0 Å². The van der Waals surface area contributed by atoms with Crippen LogP contribution in [0.25, 0.3) is 0 Å². The first-order chi connectivity index (χ1) is 15.7. The lowest BCUT2D eigenvalue weighted by molar-refractivity contribution is -0.162. The van der Waals surface area contributed by atoms with E-state index < -0.39 is 11.6 Å². The Morgan fingerprint density at radius 3 is 2.06 bits per heavy atom. The second-order valence-corrected chi connectivity index (χ2v) is 8.35. The number of rotatable bonds is 9. The third kappa shape index (κ3) is 5.06. The number of ether oxygens (including phenoxy) is 1. The van der Waals surface area contributed by atoms with Crippen molar-refractivity contribution in [2.24, 2.45) is 0 Å². The van der Waals surface area contributed by atoms with E-state index in [1.54, 1.807) is 24.3 Å². The highest BCUT2D eigenvalue weighted by molar-refractivity contribution is 5.85. The van der Waals surface area contributed by atoms with E-state index in [4.69, 9.17) is 4.74 Å². The number of benzene rings is 2. The third-order valence-electron chi connectivity index (χ3n) is 6.23. The van der Waals surface area contributed by atoms with Crippen LogP contribution in [0.5, 0.6) is 0 Å². The summed E-state index contributed by atoms with van der Waals surface area (Å²) in [5.41, 5.74) is 0.353. The van der Waals surface area contributed by atoms with Crippen molar-refractivity contribution < 1.29 is 14.6 Å². The number of esters is 1. The monoisotopic (exact) mass is 430 g/mol. The Kier molecular flexibility index (Phi) is 7.30. The summed E-state index contributed by atoms with van der Waals surface area (Å²) in [5.74, 6) is -0.407. The van der Waals surface area contributed by atoms with Gasteiger partial charge >= 0.3 is 5.97 Å². The van der Waals surface area contributed by atoms with Gasteiger partial charge in [-0.15, -0.1) is 0 Å². The molecule has 1 fully saturated rings. The van der Waals surface area contributed by atoms with Gasteiger partial charge in [0, 0.05) is 18.9 Å². The SMILES string of the molecule is O=C(OCC[C@@H](CN1CCCC1)c1ccncc1)C(O)(c1ccccc1)c1ccccc1. The maximum absolute atomic E-state index is 13.2. The van der Waals surface area contributed by atoms with Crippen molar-refractivity contribution in [2.75, 3.05) is 26.2 Å². The molecule has 0 spiro atoms. The molecule has 32 heavy (non-hydrogen) atoms. The van der Waals surface area contributed by atoms with E-state index in [1.165, 1.54) is 18.4 Å². The molecule has 0 amide bonds. The van der Waals surface area contributed by atoms with Crippen LogP contribution in [0.15, 0.2) is 85.2 Å². The van der Waals surface area contributed by atoms with Crippen molar-refractivity contribution in [1.29, 1.82) is 0 Å². The summed E-state index contributed by atoms with van der Waals surface area (Å²) in [4.78, 5) is 19.8. The highest BCUT2D eigenvalue weighted by atomic mass is 16.5. The molecule has 4 rings (SSSR count). The largest absolute Gasteiger partial charge is 0.463 e. The zero-order valence-electron chi connectivity index (χ0n) is 18.3. The molecule has 0 bridgehead atoms. The molecular formula is C27H30N2O3. The van der Waals surface area contributed by atoms with Crippen LogP contribution >= 0.6 is 0 Å². The minimum absolute atomic E-state index is 0.238. The topological polar surface area (TPSA) is 62.7 Å². The summed E-state index contributed by atoms with van der Waals surface area (Å²) in [6, 6.07) is 22.0. The summed E-state index contributed by atoms with van der Waals surface area (Å²) in [7, 11) is 0.